The zero-order valence-electron chi connectivity index (χ0n) is 14.4. The quantitative estimate of drug-likeness (QED) is 0.573. The molecule has 1 heterocycles. The Kier molecular flexibility index (Phi) is 4.71. The predicted molar refractivity (Wildman–Crippen MR) is 84.3 cm³/mol. The third-order valence-electron chi connectivity index (χ3n) is 6.29. The van der Waals surface area contributed by atoms with Crippen molar-refractivity contribution in [1.29, 1.82) is 0 Å². The third-order valence-corrected chi connectivity index (χ3v) is 6.29. The highest BCUT2D eigenvalue weighted by atomic mass is 19.4. The number of alkyl halides is 3. The van der Waals surface area contributed by atoms with E-state index in [9.17, 15) is 18.0 Å². The van der Waals surface area contributed by atoms with Crippen molar-refractivity contribution in [3.63, 3.8) is 0 Å². The van der Waals surface area contributed by atoms with Gasteiger partial charge in [-0.05, 0) is 61.6 Å². The number of carbonyl (C=O) groups excluding carboxylic acids is 1. The van der Waals surface area contributed by atoms with Crippen LogP contribution in [0.4, 0.5) is 13.2 Å². The molecule has 0 radical (unpaired) electrons. The van der Waals surface area contributed by atoms with E-state index in [-0.39, 0.29) is 11.9 Å². The molecule has 1 saturated carbocycles. The molecule has 2 fully saturated rings. The normalized spacial score (nSPS) is 30.5. The number of esters is 1. The lowest BCUT2D eigenvalue weighted by molar-refractivity contribution is -0.156. The maximum absolute atomic E-state index is 12.4. The number of allylic oxidation sites excluding steroid dienone is 1. The van der Waals surface area contributed by atoms with Gasteiger partial charge in [0.25, 0.3) is 0 Å². The van der Waals surface area contributed by atoms with Crippen LogP contribution >= 0.6 is 0 Å². The molecule has 0 spiro atoms. The number of rotatable bonds is 4. The Hall–Kier alpha value is -1.04. The first-order valence-corrected chi connectivity index (χ1v) is 8.81. The van der Waals surface area contributed by atoms with Crippen LogP contribution in [0.15, 0.2) is 11.6 Å². The molecular formula is C18H26F3NO2. The zero-order chi connectivity index (χ0) is 17.5. The van der Waals surface area contributed by atoms with E-state index in [0.29, 0.717) is 43.9 Å². The number of fused-ring (bicyclic) bond motifs is 1. The first-order valence-electron chi connectivity index (χ1n) is 8.81. The van der Waals surface area contributed by atoms with Crippen molar-refractivity contribution < 1.29 is 22.7 Å². The first kappa shape index (κ1) is 17.8. The number of halogens is 3. The molecule has 4 aliphatic rings. The van der Waals surface area contributed by atoms with Gasteiger partial charge in [0.05, 0.1) is 12.5 Å². The fourth-order valence-electron chi connectivity index (χ4n) is 4.49. The summed E-state index contributed by atoms with van der Waals surface area (Å²) >= 11 is 0. The smallest absolute Gasteiger partial charge is 0.401 e. The monoisotopic (exact) mass is 345 g/mol. The lowest BCUT2D eigenvalue weighted by atomic mass is 9.49. The van der Waals surface area contributed by atoms with E-state index >= 15 is 0 Å². The van der Waals surface area contributed by atoms with E-state index < -0.39 is 12.7 Å². The molecule has 0 aromatic rings. The van der Waals surface area contributed by atoms with Gasteiger partial charge in [-0.15, -0.1) is 0 Å². The Bertz CT molecular complexity index is 519. The van der Waals surface area contributed by atoms with Gasteiger partial charge in [-0.25, -0.2) is 0 Å². The van der Waals surface area contributed by atoms with Crippen LogP contribution in [0.2, 0.25) is 0 Å². The molecule has 2 atom stereocenters. The van der Waals surface area contributed by atoms with E-state index in [0.717, 1.165) is 12.3 Å². The second-order valence-corrected chi connectivity index (χ2v) is 8.09. The second kappa shape index (κ2) is 6.36. The van der Waals surface area contributed by atoms with Crippen molar-refractivity contribution >= 4 is 5.97 Å². The lowest BCUT2D eigenvalue weighted by Crippen LogP contribution is -2.49. The van der Waals surface area contributed by atoms with Gasteiger partial charge < -0.3 is 4.74 Å². The van der Waals surface area contributed by atoms with Crippen LogP contribution in [-0.4, -0.2) is 43.3 Å². The number of likely N-dealkylation sites (tertiary alicyclic amines) is 1. The highest BCUT2D eigenvalue weighted by Crippen LogP contribution is 2.59. The number of nitrogens with zero attached hydrogens (tertiary/aromatic N) is 1. The molecule has 136 valence electrons. The fraction of sp³-hybridized carbons (Fsp3) is 0.833. The average Bonchev–Trinajstić information content (AvgIpc) is 2.51. The van der Waals surface area contributed by atoms with E-state index in [2.05, 4.69) is 19.9 Å². The van der Waals surface area contributed by atoms with Crippen molar-refractivity contribution in [2.24, 2.45) is 23.2 Å². The van der Waals surface area contributed by atoms with Crippen molar-refractivity contribution in [2.45, 2.75) is 45.7 Å². The lowest BCUT2D eigenvalue weighted by Gasteiger charge is -2.56. The van der Waals surface area contributed by atoms with Gasteiger partial charge in [0, 0.05) is 0 Å². The Morgan fingerprint density at radius 3 is 2.54 bits per heavy atom. The minimum absolute atomic E-state index is 0.248. The Morgan fingerprint density at radius 1 is 1.33 bits per heavy atom. The van der Waals surface area contributed by atoms with Crippen LogP contribution in [0, 0.1) is 23.2 Å². The van der Waals surface area contributed by atoms with Crippen molar-refractivity contribution in [3.8, 4) is 0 Å². The minimum atomic E-state index is -4.17. The summed E-state index contributed by atoms with van der Waals surface area (Å²) in [5.41, 5.74) is 1.53. The molecule has 0 aromatic heterocycles. The molecule has 24 heavy (non-hydrogen) atoms. The van der Waals surface area contributed by atoms with Crippen molar-refractivity contribution in [2.75, 3.05) is 26.2 Å². The summed E-state index contributed by atoms with van der Waals surface area (Å²) in [5, 5.41) is 0. The molecule has 0 unspecified atom stereocenters. The van der Waals surface area contributed by atoms with Crippen LogP contribution < -0.4 is 0 Å². The summed E-state index contributed by atoms with van der Waals surface area (Å²) < 4.78 is 42.7. The number of piperidine rings is 1. The van der Waals surface area contributed by atoms with Crippen LogP contribution in [-0.2, 0) is 9.53 Å². The molecular weight excluding hydrogens is 319 g/mol. The molecule has 1 saturated heterocycles. The van der Waals surface area contributed by atoms with E-state index in [1.54, 1.807) is 0 Å². The minimum Gasteiger partial charge on any atom is -0.461 e. The summed E-state index contributed by atoms with van der Waals surface area (Å²) in [6, 6.07) is 0. The summed E-state index contributed by atoms with van der Waals surface area (Å²) in [5.74, 6) is 0.750. The largest absolute Gasteiger partial charge is 0.461 e. The first-order chi connectivity index (χ1) is 11.2. The van der Waals surface area contributed by atoms with Gasteiger partial charge in [0.2, 0.25) is 0 Å². The zero-order valence-corrected chi connectivity index (χ0v) is 14.4. The second-order valence-electron chi connectivity index (χ2n) is 8.09. The van der Waals surface area contributed by atoms with Gasteiger partial charge in [-0.3, -0.25) is 9.69 Å². The van der Waals surface area contributed by atoms with Crippen molar-refractivity contribution in [3.05, 3.63) is 11.6 Å². The molecule has 3 nitrogen and oxygen atoms in total. The summed E-state index contributed by atoms with van der Waals surface area (Å²) in [6.07, 6.45) is 1.19. The highest BCUT2D eigenvalue weighted by molar-refractivity contribution is 5.72. The molecule has 0 N–H and O–H groups in total. The molecule has 3 aliphatic carbocycles. The van der Waals surface area contributed by atoms with Crippen LogP contribution in [0.5, 0.6) is 0 Å². The average molecular weight is 345 g/mol. The highest BCUT2D eigenvalue weighted by Gasteiger charge is 2.51. The topological polar surface area (TPSA) is 29.5 Å². The fourth-order valence-corrected chi connectivity index (χ4v) is 4.49. The molecule has 0 amide bonds. The summed E-state index contributed by atoms with van der Waals surface area (Å²) in [7, 11) is 0. The van der Waals surface area contributed by atoms with E-state index in [1.165, 1.54) is 16.9 Å². The molecule has 1 aliphatic heterocycles. The molecule has 2 bridgehead atoms. The van der Waals surface area contributed by atoms with Gasteiger partial charge in [0.1, 0.15) is 6.61 Å². The third kappa shape index (κ3) is 3.63. The van der Waals surface area contributed by atoms with Gasteiger partial charge in [-0.1, -0.05) is 19.9 Å². The SMILES string of the molecule is CC1(C)[C@@H]2CC=C(COC(=O)C3CCN(CC(F)(F)F)CC3)[C@H]1C2. The summed E-state index contributed by atoms with van der Waals surface area (Å²) in [6.45, 7) is 4.62. The maximum Gasteiger partial charge on any atom is 0.401 e. The molecule has 6 heteroatoms. The van der Waals surface area contributed by atoms with E-state index in [4.69, 9.17) is 4.74 Å². The van der Waals surface area contributed by atoms with Crippen molar-refractivity contribution in [1.82, 2.24) is 4.90 Å². The standard InChI is InChI=1S/C18H26F3NO2/c1-17(2)14-4-3-13(15(17)9-14)10-24-16(23)12-5-7-22(8-6-12)11-18(19,20)21/h3,12,14-15H,4-11H2,1-2H3/t14-,15-/m1/s1. The number of ether oxygens (including phenoxy) is 1. The van der Waals surface area contributed by atoms with Crippen LogP contribution in [0.25, 0.3) is 0 Å². The van der Waals surface area contributed by atoms with Crippen LogP contribution in [0.3, 0.4) is 0 Å². The predicted octanol–water partition coefficient (Wildman–Crippen LogP) is 3.80. The maximum atomic E-state index is 12.4. The molecule has 0 aromatic carbocycles. The van der Waals surface area contributed by atoms with Gasteiger partial charge in [-0.2, -0.15) is 13.2 Å². The van der Waals surface area contributed by atoms with Gasteiger partial charge in [0.15, 0.2) is 0 Å². The van der Waals surface area contributed by atoms with Crippen LogP contribution in [0.1, 0.15) is 39.5 Å². The van der Waals surface area contributed by atoms with E-state index in [1.807, 2.05) is 0 Å². The number of hydrogen-bond acceptors (Lipinski definition) is 3. The molecule has 4 rings (SSSR count). The van der Waals surface area contributed by atoms with Gasteiger partial charge >= 0.3 is 12.1 Å². The summed E-state index contributed by atoms with van der Waals surface area (Å²) in [4.78, 5) is 13.6. The number of hydrogen-bond donors (Lipinski definition) is 0. The number of carbonyl (C=O) groups is 1. The Labute approximate surface area is 141 Å². The Morgan fingerprint density at radius 2 is 2.00 bits per heavy atom. The Balaban J connectivity index is 1.43.